The van der Waals surface area contributed by atoms with Gasteiger partial charge in [-0.05, 0) is 26.0 Å². The SMILES string of the molecule is CC(C)n1cncc1Cn1cccc1CO. The fraction of sp³-hybridized carbons (Fsp3) is 0.417. The summed E-state index contributed by atoms with van der Waals surface area (Å²) >= 11 is 0. The van der Waals surface area contributed by atoms with Crippen molar-refractivity contribution in [1.29, 1.82) is 0 Å². The average Bonchev–Trinajstić information content (AvgIpc) is 2.86. The van der Waals surface area contributed by atoms with Gasteiger partial charge in [0.05, 0.1) is 25.2 Å². The lowest BCUT2D eigenvalue weighted by atomic mass is 10.3. The van der Waals surface area contributed by atoms with Gasteiger partial charge in [-0.25, -0.2) is 4.98 Å². The number of aliphatic hydroxyl groups excluding tert-OH is 1. The molecule has 0 amide bonds. The number of hydrogen-bond donors (Lipinski definition) is 1. The molecular weight excluding hydrogens is 202 g/mol. The summed E-state index contributed by atoms with van der Waals surface area (Å²) in [6, 6.07) is 4.28. The van der Waals surface area contributed by atoms with Crippen molar-refractivity contribution in [3.05, 3.63) is 42.2 Å². The predicted octanol–water partition coefficient (Wildman–Crippen LogP) is 1.81. The Morgan fingerprint density at radius 2 is 2.19 bits per heavy atom. The first kappa shape index (κ1) is 11.0. The van der Waals surface area contributed by atoms with Crippen molar-refractivity contribution >= 4 is 0 Å². The van der Waals surface area contributed by atoms with Gasteiger partial charge in [-0.15, -0.1) is 0 Å². The van der Waals surface area contributed by atoms with E-state index in [1.165, 1.54) is 0 Å². The zero-order valence-electron chi connectivity index (χ0n) is 9.67. The van der Waals surface area contributed by atoms with Crippen LogP contribution in [-0.4, -0.2) is 19.2 Å². The van der Waals surface area contributed by atoms with Crippen LogP contribution in [0.5, 0.6) is 0 Å². The maximum Gasteiger partial charge on any atom is 0.0951 e. The van der Waals surface area contributed by atoms with Crippen LogP contribution in [0.25, 0.3) is 0 Å². The minimum Gasteiger partial charge on any atom is -0.390 e. The topological polar surface area (TPSA) is 43.0 Å². The monoisotopic (exact) mass is 219 g/mol. The second-order valence-electron chi connectivity index (χ2n) is 4.17. The van der Waals surface area contributed by atoms with Gasteiger partial charge in [0.15, 0.2) is 0 Å². The van der Waals surface area contributed by atoms with Crippen LogP contribution in [0, 0.1) is 0 Å². The van der Waals surface area contributed by atoms with Crippen LogP contribution in [0.1, 0.15) is 31.3 Å². The summed E-state index contributed by atoms with van der Waals surface area (Å²) in [6.07, 6.45) is 5.70. The van der Waals surface area contributed by atoms with Crippen LogP contribution < -0.4 is 0 Å². The molecule has 2 heterocycles. The van der Waals surface area contributed by atoms with E-state index in [9.17, 15) is 5.11 Å². The third kappa shape index (κ3) is 2.02. The van der Waals surface area contributed by atoms with Gasteiger partial charge in [0.25, 0.3) is 0 Å². The molecule has 0 aromatic carbocycles. The summed E-state index contributed by atoms with van der Waals surface area (Å²) in [6.45, 7) is 5.09. The molecule has 86 valence electrons. The first-order valence-corrected chi connectivity index (χ1v) is 5.48. The molecule has 0 aliphatic rings. The van der Waals surface area contributed by atoms with E-state index in [1.54, 1.807) is 0 Å². The lowest BCUT2D eigenvalue weighted by molar-refractivity contribution is 0.271. The minimum atomic E-state index is 0.0722. The van der Waals surface area contributed by atoms with Crippen LogP contribution >= 0.6 is 0 Å². The Kier molecular flexibility index (Phi) is 3.10. The van der Waals surface area contributed by atoms with Crippen molar-refractivity contribution in [1.82, 2.24) is 14.1 Å². The zero-order valence-corrected chi connectivity index (χ0v) is 9.67. The molecule has 2 rings (SSSR count). The first-order chi connectivity index (χ1) is 7.72. The zero-order chi connectivity index (χ0) is 11.5. The summed E-state index contributed by atoms with van der Waals surface area (Å²) in [5.41, 5.74) is 2.08. The molecule has 0 aliphatic carbocycles. The van der Waals surface area contributed by atoms with E-state index >= 15 is 0 Å². The van der Waals surface area contributed by atoms with Gasteiger partial charge in [-0.3, -0.25) is 0 Å². The maximum absolute atomic E-state index is 9.17. The van der Waals surface area contributed by atoms with E-state index in [0.29, 0.717) is 6.04 Å². The molecule has 4 nitrogen and oxygen atoms in total. The summed E-state index contributed by atoms with van der Waals surface area (Å²) in [4.78, 5) is 4.17. The number of hydrogen-bond acceptors (Lipinski definition) is 2. The highest BCUT2D eigenvalue weighted by atomic mass is 16.3. The molecule has 4 heteroatoms. The molecule has 2 aromatic rings. The highest BCUT2D eigenvalue weighted by molar-refractivity contribution is 5.10. The van der Waals surface area contributed by atoms with Crippen LogP contribution in [0.4, 0.5) is 0 Å². The third-order valence-corrected chi connectivity index (χ3v) is 2.72. The summed E-state index contributed by atoms with van der Waals surface area (Å²) in [5, 5.41) is 9.17. The molecule has 16 heavy (non-hydrogen) atoms. The van der Waals surface area contributed by atoms with Crippen molar-refractivity contribution in [2.24, 2.45) is 0 Å². The third-order valence-electron chi connectivity index (χ3n) is 2.72. The number of aliphatic hydroxyl groups is 1. The van der Waals surface area contributed by atoms with Crippen LogP contribution in [0.3, 0.4) is 0 Å². The van der Waals surface area contributed by atoms with E-state index in [-0.39, 0.29) is 6.61 Å². The van der Waals surface area contributed by atoms with E-state index in [1.807, 2.05) is 35.4 Å². The Balaban J connectivity index is 2.23. The Hall–Kier alpha value is -1.55. The van der Waals surface area contributed by atoms with E-state index in [4.69, 9.17) is 0 Å². The second-order valence-corrected chi connectivity index (χ2v) is 4.17. The number of rotatable bonds is 4. The van der Waals surface area contributed by atoms with Gasteiger partial charge in [0, 0.05) is 24.1 Å². The van der Waals surface area contributed by atoms with E-state index < -0.39 is 0 Å². The normalized spacial score (nSPS) is 11.2. The largest absolute Gasteiger partial charge is 0.390 e. The molecule has 2 aromatic heterocycles. The standard InChI is InChI=1S/C12H17N3O/c1-10(2)15-9-13-6-12(15)7-14-5-3-4-11(14)8-16/h3-6,9-10,16H,7-8H2,1-2H3. The van der Waals surface area contributed by atoms with Gasteiger partial charge < -0.3 is 14.2 Å². The second kappa shape index (κ2) is 4.53. The molecule has 0 radical (unpaired) electrons. The maximum atomic E-state index is 9.17. The lowest BCUT2D eigenvalue weighted by Crippen LogP contribution is -2.10. The van der Waals surface area contributed by atoms with Crippen LogP contribution in [0.2, 0.25) is 0 Å². The van der Waals surface area contributed by atoms with Crippen molar-refractivity contribution in [2.45, 2.75) is 33.0 Å². The number of nitrogens with zero attached hydrogens (tertiary/aromatic N) is 3. The molecular formula is C12H17N3O. The molecule has 0 fully saturated rings. The van der Waals surface area contributed by atoms with Gasteiger partial charge >= 0.3 is 0 Å². The van der Waals surface area contributed by atoms with Gasteiger partial charge in [0.2, 0.25) is 0 Å². The molecule has 0 unspecified atom stereocenters. The molecule has 0 spiro atoms. The predicted molar refractivity (Wildman–Crippen MR) is 62.1 cm³/mol. The van der Waals surface area contributed by atoms with Gasteiger partial charge in [0.1, 0.15) is 0 Å². The summed E-state index contributed by atoms with van der Waals surface area (Å²) in [5.74, 6) is 0. The highest BCUT2D eigenvalue weighted by Gasteiger charge is 2.07. The smallest absolute Gasteiger partial charge is 0.0951 e. The number of aromatic nitrogens is 3. The Labute approximate surface area is 95.2 Å². The quantitative estimate of drug-likeness (QED) is 0.852. The molecule has 0 saturated carbocycles. The Bertz CT molecular complexity index is 456. The molecule has 0 saturated heterocycles. The van der Waals surface area contributed by atoms with Crippen LogP contribution in [0.15, 0.2) is 30.9 Å². The lowest BCUT2D eigenvalue weighted by Gasteiger charge is -2.13. The fourth-order valence-corrected chi connectivity index (χ4v) is 1.84. The molecule has 0 atom stereocenters. The first-order valence-electron chi connectivity index (χ1n) is 5.48. The molecule has 0 bridgehead atoms. The molecule has 1 N–H and O–H groups in total. The Morgan fingerprint density at radius 1 is 1.38 bits per heavy atom. The van der Waals surface area contributed by atoms with Crippen molar-refractivity contribution < 1.29 is 5.11 Å². The Morgan fingerprint density at radius 3 is 2.88 bits per heavy atom. The average molecular weight is 219 g/mol. The van der Waals surface area contributed by atoms with Crippen molar-refractivity contribution in [3.63, 3.8) is 0 Å². The van der Waals surface area contributed by atoms with Crippen LogP contribution in [-0.2, 0) is 13.2 Å². The molecule has 0 aliphatic heterocycles. The minimum absolute atomic E-state index is 0.0722. The van der Waals surface area contributed by atoms with Gasteiger partial charge in [-0.2, -0.15) is 0 Å². The number of imidazole rings is 1. The van der Waals surface area contributed by atoms with Gasteiger partial charge in [-0.1, -0.05) is 0 Å². The van der Waals surface area contributed by atoms with E-state index in [0.717, 1.165) is 17.9 Å². The van der Waals surface area contributed by atoms with E-state index in [2.05, 4.69) is 23.4 Å². The van der Waals surface area contributed by atoms with Crippen molar-refractivity contribution in [3.8, 4) is 0 Å². The highest BCUT2D eigenvalue weighted by Crippen LogP contribution is 2.12. The summed E-state index contributed by atoms with van der Waals surface area (Å²) in [7, 11) is 0. The summed E-state index contributed by atoms with van der Waals surface area (Å²) < 4.78 is 4.18. The fourth-order valence-electron chi connectivity index (χ4n) is 1.84. The van der Waals surface area contributed by atoms with Crippen molar-refractivity contribution in [2.75, 3.05) is 0 Å².